The lowest BCUT2D eigenvalue weighted by molar-refractivity contribution is -0.159. The number of nitriles is 1. The van der Waals surface area contributed by atoms with E-state index >= 15 is 0 Å². The Kier molecular flexibility index (Phi) is 5.73. The number of carbonyl (C=O) groups excluding carboxylic acids is 4. The number of benzene rings is 1. The second kappa shape index (κ2) is 8.21. The molecule has 0 spiro atoms. The molecule has 1 aromatic rings. The average Bonchev–Trinajstić information content (AvgIpc) is 2.96. The summed E-state index contributed by atoms with van der Waals surface area (Å²) in [6.07, 6.45) is 3.13. The van der Waals surface area contributed by atoms with E-state index in [1.807, 2.05) is 6.07 Å². The molecular formula is C20H21N3O5. The lowest BCUT2D eigenvalue weighted by Crippen LogP contribution is -2.45. The van der Waals surface area contributed by atoms with E-state index < -0.39 is 24.5 Å². The second-order valence-electron chi connectivity index (χ2n) is 7.07. The summed E-state index contributed by atoms with van der Waals surface area (Å²) >= 11 is 0. The van der Waals surface area contributed by atoms with Gasteiger partial charge in [0.2, 0.25) is 11.8 Å². The van der Waals surface area contributed by atoms with E-state index in [2.05, 4.69) is 5.32 Å². The lowest BCUT2D eigenvalue weighted by atomic mass is 9.81. The van der Waals surface area contributed by atoms with Crippen LogP contribution in [0, 0.1) is 23.2 Å². The van der Waals surface area contributed by atoms with Gasteiger partial charge in [0, 0.05) is 5.69 Å². The SMILES string of the molecule is C[C@@H](C(=O)OCC(=O)Nc1cccc(C#N)c1)N1C(=O)[C@H]2CCCC[C@@H]2C1=O. The Morgan fingerprint density at radius 1 is 1.25 bits per heavy atom. The zero-order chi connectivity index (χ0) is 20.3. The first kappa shape index (κ1) is 19.5. The fourth-order valence-electron chi connectivity index (χ4n) is 3.80. The number of nitrogens with one attached hydrogen (secondary N) is 1. The molecule has 0 unspecified atom stereocenters. The largest absolute Gasteiger partial charge is 0.454 e. The molecule has 1 aliphatic carbocycles. The monoisotopic (exact) mass is 383 g/mol. The van der Waals surface area contributed by atoms with Crippen LogP contribution in [0.25, 0.3) is 0 Å². The van der Waals surface area contributed by atoms with Gasteiger partial charge in [-0.05, 0) is 38.0 Å². The topological polar surface area (TPSA) is 117 Å². The van der Waals surface area contributed by atoms with Gasteiger partial charge in [0.25, 0.3) is 5.91 Å². The molecule has 0 aromatic heterocycles. The van der Waals surface area contributed by atoms with Crippen molar-refractivity contribution in [2.45, 2.75) is 38.6 Å². The molecule has 8 heteroatoms. The Balaban J connectivity index is 1.55. The van der Waals surface area contributed by atoms with Crippen LogP contribution in [0.5, 0.6) is 0 Å². The molecule has 1 aliphatic heterocycles. The summed E-state index contributed by atoms with van der Waals surface area (Å²) in [5, 5.41) is 11.4. The molecule has 3 amide bonds. The number of amides is 3. The van der Waals surface area contributed by atoms with E-state index in [4.69, 9.17) is 10.00 Å². The highest BCUT2D eigenvalue weighted by molar-refractivity contribution is 6.08. The summed E-state index contributed by atoms with van der Waals surface area (Å²) in [7, 11) is 0. The van der Waals surface area contributed by atoms with Crippen molar-refractivity contribution >= 4 is 29.4 Å². The molecule has 1 saturated carbocycles. The Morgan fingerprint density at radius 2 is 1.89 bits per heavy atom. The molecule has 3 atom stereocenters. The maximum Gasteiger partial charge on any atom is 0.329 e. The molecule has 28 heavy (non-hydrogen) atoms. The molecular weight excluding hydrogens is 362 g/mol. The van der Waals surface area contributed by atoms with Crippen molar-refractivity contribution in [1.29, 1.82) is 5.26 Å². The molecule has 2 aliphatic rings. The molecule has 1 N–H and O–H groups in total. The summed E-state index contributed by atoms with van der Waals surface area (Å²) < 4.78 is 4.99. The summed E-state index contributed by atoms with van der Waals surface area (Å²) in [4.78, 5) is 50.3. The van der Waals surface area contributed by atoms with E-state index in [1.54, 1.807) is 18.2 Å². The molecule has 1 saturated heterocycles. The van der Waals surface area contributed by atoms with E-state index in [0.29, 0.717) is 24.1 Å². The average molecular weight is 383 g/mol. The van der Waals surface area contributed by atoms with Gasteiger partial charge in [-0.25, -0.2) is 4.79 Å². The van der Waals surface area contributed by atoms with Crippen LogP contribution in [0.3, 0.4) is 0 Å². The predicted molar refractivity (Wildman–Crippen MR) is 97.5 cm³/mol. The van der Waals surface area contributed by atoms with Crippen LogP contribution >= 0.6 is 0 Å². The lowest BCUT2D eigenvalue weighted by Gasteiger charge is -2.21. The number of rotatable bonds is 5. The number of likely N-dealkylation sites (tertiary alicyclic amines) is 1. The number of hydrogen-bond donors (Lipinski definition) is 1. The van der Waals surface area contributed by atoms with Crippen molar-refractivity contribution in [3.63, 3.8) is 0 Å². The molecule has 1 heterocycles. The number of hydrogen-bond acceptors (Lipinski definition) is 6. The Hall–Kier alpha value is -3.21. The van der Waals surface area contributed by atoms with Gasteiger partial charge in [0.15, 0.2) is 6.61 Å². The van der Waals surface area contributed by atoms with Crippen LogP contribution in [0.4, 0.5) is 5.69 Å². The molecule has 3 rings (SSSR count). The van der Waals surface area contributed by atoms with Crippen LogP contribution in [0.2, 0.25) is 0 Å². The third-order valence-corrected chi connectivity index (χ3v) is 5.22. The fourth-order valence-corrected chi connectivity index (χ4v) is 3.80. The van der Waals surface area contributed by atoms with E-state index in [-0.39, 0.29) is 23.7 Å². The van der Waals surface area contributed by atoms with Gasteiger partial charge in [-0.1, -0.05) is 18.9 Å². The first-order valence-electron chi connectivity index (χ1n) is 9.26. The van der Waals surface area contributed by atoms with Crippen molar-refractivity contribution in [3.8, 4) is 6.07 Å². The Bertz CT molecular complexity index is 836. The quantitative estimate of drug-likeness (QED) is 0.610. The van der Waals surface area contributed by atoms with Crippen molar-refractivity contribution in [2.75, 3.05) is 11.9 Å². The molecule has 0 radical (unpaired) electrons. The molecule has 1 aromatic carbocycles. The van der Waals surface area contributed by atoms with Crippen LogP contribution in [-0.4, -0.2) is 41.2 Å². The Labute approximate surface area is 162 Å². The third-order valence-electron chi connectivity index (χ3n) is 5.22. The highest BCUT2D eigenvalue weighted by atomic mass is 16.5. The van der Waals surface area contributed by atoms with Crippen LogP contribution < -0.4 is 5.32 Å². The number of imide groups is 1. The number of fused-ring (bicyclic) bond motifs is 1. The van der Waals surface area contributed by atoms with Gasteiger partial charge in [-0.15, -0.1) is 0 Å². The van der Waals surface area contributed by atoms with Crippen molar-refractivity contribution in [2.24, 2.45) is 11.8 Å². The summed E-state index contributed by atoms with van der Waals surface area (Å²) in [6, 6.07) is 7.20. The minimum absolute atomic E-state index is 0.322. The van der Waals surface area contributed by atoms with E-state index in [9.17, 15) is 19.2 Å². The van der Waals surface area contributed by atoms with Crippen molar-refractivity contribution in [1.82, 2.24) is 4.90 Å². The van der Waals surface area contributed by atoms with Gasteiger partial charge in [-0.2, -0.15) is 5.26 Å². The minimum atomic E-state index is -1.07. The van der Waals surface area contributed by atoms with Crippen molar-refractivity contribution in [3.05, 3.63) is 29.8 Å². The van der Waals surface area contributed by atoms with Gasteiger partial charge < -0.3 is 10.1 Å². The van der Waals surface area contributed by atoms with Crippen LogP contribution in [0.1, 0.15) is 38.2 Å². The number of carbonyl (C=O) groups is 4. The first-order valence-corrected chi connectivity index (χ1v) is 9.26. The highest BCUT2D eigenvalue weighted by Crippen LogP contribution is 2.38. The number of ether oxygens (including phenoxy) is 1. The zero-order valence-corrected chi connectivity index (χ0v) is 15.5. The second-order valence-corrected chi connectivity index (χ2v) is 7.07. The predicted octanol–water partition coefficient (Wildman–Crippen LogP) is 1.60. The third kappa shape index (κ3) is 3.88. The smallest absolute Gasteiger partial charge is 0.329 e. The summed E-state index contributed by atoms with van der Waals surface area (Å²) in [5.74, 6) is -2.71. The maximum absolute atomic E-state index is 12.5. The van der Waals surface area contributed by atoms with Crippen molar-refractivity contribution < 1.29 is 23.9 Å². The summed E-state index contributed by atoms with van der Waals surface area (Å²) in [6.45, 7) is 0.882. The fraction of sp³-hybridized carbons (Fsp3) is 0.450. The van der Waals surface area contributed by atoms with Crippen LogP contribution in [-0.2, 0) is 23.9 Å². The normalized spacial score (nSPS) is 22.2. The first-order chi connectivity index (χ1) is 13.4. The molecule has 2 fully saturated rings. The van der Waals surface area contributed by atoms with Gasteiger partial charge in [0.1, 0.15) is 6.04 Å². The number of nitrogens with zero attached hydrogens (tertiary/aromatic N) is 2. The number of esters is 1. The van der Waals surface area contributed by atoms with Gasteiger partial charge in [-0.3, -0.25) is 19.3 Å². The van der Waals surface area contributed by atoms with E-state index in [0.717, 1.165) is 17.7 Å². The molecule has 146 valence electrons. The standard InChI is InChI=1S/C20H21N3O5/c1-12(23-18(25)15-7-2-3-8-16(15)19(23)26)20(27)28-11-17(24)22-14-6-4-5-13(9-14)10-21/h4-6,9,12,15-16H,2-3,7-8,11H2,1H3,(H,22,24)/t12-,15-,16-/m0/s1. The minimum Gasteiger partial charge on any atom is -0.454 e. The van der Waals surface area contributed by atoms with Crippen LogP contribution in [0.15, 0.2) is 24.3 Å². The zero-order valence-electron chi connectivity index (χ0n) is 15.5. The van der Waals surface area contributed by atoms with Gasteiger partial charge >= 0.3 is 5.97 Å². The Morgan fingerprint density at radius 3 is 2.50 bits per heavy atom. The van der Waals surface area contributed by atoms with E-state index in [1.165, 1.54) is 13.0 Å². The molecule has 8 nitrogen and oxygen atoms in total. The maximum atomic E-state index is 12.5. The van der Waals surface area contributed by atoms with Gasteiger partial charge in [0.05, 0.1) is 23.5 Å². The summed E-state index contributed by atoms with van der Waals surface area (Å²) in [5.41, 5.74) is 0.790. The highest BCUT2D eigenvalue weighted by Gasteiger charge is 2.51. The number of anilines is 1. The molecule has 0 bridgehead atoms.